The van der Waals surface area contributed by atoms with Crippen LogP contribution in [0.4, 0.5) is 0 Å². The summed E-state index contributed by atoms with van der Waals surface area (Å²) in [6.45, 7) is 4.99. The van der Waals surface area contributed by atoms with E-state index in [1.807, 2.05) is 6.07 Å². The van der Waals surface area contributed by atoms with Crippen molar-refractivity contribution < 1.29 is 13.9 Å². The van der Waals surface area contributed by atoms with Crippen molar-refractivity contribution in [2.24, 2.45) is 4.99 Å². The van der Waals surface area contributed by atoms with Crippen molar-refractivity contribution >= 4 is 11.9 Å². The van der Waals surface area contributed by atoms with Crippen LogP contribution in [0, 0.1) is 0 Å². The third-order valence-corrected chi connectivity index (χ3v) is 3.08. The number of furan rings is 1. The van der Waals surface area contributed by atoms with E-state index in [9.17, 15) is 4.79 Å². The van der Waals surface area contributed by atoms with E-state index in [1.54, 1.807) is 19.4 Å². The Morgan fingerprint density at radius 2 is 2.09 bits per heavy atom. The standard InChI is InChI=1S/C16H28N4O3/c1-3-4-9-22-10-6-8-18-16(17-2)20-13-15(21)19-12-14-7-5-11-23-14/h5,7,11H,3-4,6,8-10,12-13H2,1-2H3,(H,19,21)(H2,17,18,20). The molecule has 0 unspecified atom stereocenters. The quantitative estimate of drug-likeness (QED) is 0.324. The number of carbonyl (C=O) groups excluding carboxylic acids is 1. The minimum Gasteiger partial charge on any atom is -0.467 e. The van der Waals surface area contributed by atoms with Crippen molar-refractivity contribution in [2.45, 2.75) is 32.7 Å². The molecule has 7 nitrogen and oxygen atoms in total. The first-order valence-corrected chi connectivity index (χ1v) is 8.07. The van der Waals surface area contributed by atoms with Crippen LogP contribution in [0.1, 0.15) is 31.9 Å². The van der Waals surface area contributed by atoms with Gasteiger partial charge in [-0.1, -0.05) is 13.3 Å². The number of amides is 1. The minimum atomic E-state index is -0.118. The van der Waals surface area contributed by atoms with Crippen molar-refractivity contribution in [1.29, 1.82) is 0 Å². The topological polar surface area (TPSA) is 87.9 Å². The Morgan fingerprint density at radius 3 is 2.78 bits per heavy atom. The normalized spacial score (nSPS) is 11.3. The molecule has 0 aliphatic rings. The lowest BCUT2D eigenvalue weighted by Gasteiger charge is -2.11. The summed E-state index contributed by atoms with van der Waals surface area (Å²) in [6, 6.07) is 3.61. The van der Waals surface area contributed by atoms with Gasteiger partial charge in [-0.25, -0.2) is 0 Å². The maximum Gasteiger partial charge on any atom is 0.239 e. The van der Waals surface area contributed by atoms with Gasteiger partial charge in [0.25, 0.3) is 0 Å². The van der Waals surface area contributed by atoms with E-state index < -0.39 is 0 Å². The predicted molar refractivity (Wildman–Crippen MR) is 90.3 cm³/mol. The zero-order valence-corrected chi connectivity index (χ0v) is 14.1. The molecular weight excluding hydrogens is 296 g/mol. The van der Waals surface area contributed by atoms with Crippen LogP contribution in [0.25, 0.3) is 0 Å². The maximum atomic E-state index is 11.7. The molecule has 130 valence electrons. The fourth-order valence-corrected chi connectivity index (χ4v) is 1.78. The fourth-order valence-electron chi connectivity index (χ4n) is 1.78. The molecule has 0 aliphatic carbocycles. The van der Waals surface area contributed by atoms with E-state index in [0.717, 1.165) is 44.8 Å². The number of nitrogens with zero attached hydrogens (tertiary/aromatic N) is 1. The van der Waals surface area contributed by atoms with Crippen LogP contribution in [0.5, 0.6) is 0 Å². The maximum absolute atomic E-state index is 11.7. The predicted octanol–water partition coefficient (Wildman–Crippen LogP) is 1.27. The van der Waals surface area contributed by atoms with Gasteiger partial charge in [0.1, 0.15) is 5.76 Å². The van der Waals surface area contributed by atoms with Crippen LogP contribution in [0.3, 0.4) is 0 Å². The van der Waals surface area contributed by atoms with Crippen molar-refractivity contribution in [2.75, 3.05) is 33.4 Å². The molecule has 0 atom stereocenters. The molecule has 0 radical (unpaired) electrons. The highest BCUT2D eigenvalue weighted by Gasteiger charge is 2.04. The number of aliphatic imine (C=N–C) groups is 1. The number of ether oxygens (including phenoxy) is 1. The SMILES string of the molecule is CCCCOCCCNC(=NC)NCC(=O)NCc1ccco1. The van der Waals surface area contributed by atoms with Gasteiger partial charge >= 0.3 is 0 Å². The molecule has 1 heterocycles. The molecule has 0 saturated carbocycles. The lowest BCUT2D eigenvalue weighted by molar-refractivity contribution is -0.120. The van der Waals surface area contributed by atoms with Gasteiger partial charge in [-0.2, -0.15) is 0 Å². The average Bonchev–Trinajstić information content (AvgIpc) is 3.08. The molecule has 0 bridgehead atoms. The summed E-state index contributed by atoms with van der Waals surface area (Å²) in [5.41, 5.74) is 0. The Bertz CT molecular complexity index is 446. The van der Waals surface area contributed by atoms with Crippen molar-refractivity contribution in [1.82, 2.24) is 16.0 Å². The van der Waals surface area contributed by atoms with Gasteiger partial charge in [0, 0.05) is 26.8 Å². The van der Waals surface area contributed by atoms with Gasteiger partial charge in [-0.15, -0.1) is 0 Å². The third kappa shape index (κ3) is 9.57. The molecule has 3 N–H and O–H groups in total. The smallest absolute Gasteiger partial charge is 0.239 e. The Hall–Kier alpha value is -2.02. The van der Waals surface area contributed by atoms with Crippen LogP contribution < -0.4 is 16.0 Å². The summed E-state index contributed by atoms with van der Waals surface area (Å²) in [4.78, 5) is 15.8. The molecule has 1 aromatic heterocycles. The van der Waals surface area contributed by atoms with Crippen molar-refractivity contribution in [3.63, 3.8) is 0 Å². The second kappa shape index (κ2) is 12.5. The highest BCUT2D eigenvalue weighted by Crippen LogP contribution is 1.97. The Labute approximate surface area is 137 Å². The molecular formula is C16H28N4O3. The van der Waals surface area contributed by atoms with Crippen molar-refractivity contribution in [3.05, 3.63) is 24.2 Å². The first-order valence-electron chi connectivity index (χ1n) is 8.07. The highest BCUT2D eigenvalue weighted by molar-refractivity contribution is 5.86. The number of carbonyl (C=O) groups is 1. The zero-order chi connectivity index (χ0) is 16.8. The van der Waals surface area contributed by atoms with E-state index in [1.165, 1.54) is 0 Å². The minimum absolute atomic E-state index is 0.118. The van der Waals surface area contributed by atoms with Gasteiger partial charge in [0.05, 0.1) is 19.4 Å². The summed E-state index contributed by atoms with van der Waals surface area (Å²) >= 11 is 0. The molecule has 1 amide bonds. The highest BCUT2D eigenvalue weighted by atomic mass is 16.5. The number of guanidine groups is 1. The second-order valence-electron chi connectivity index (χ2n) is 5.03. The van der Waals surface area contributed by atoms with E-state index >= 15 is 0 Å². The third-order valence-electron chi connectivity index (χ3n) is 3.08. The number of hydrogen-bond donors (Lipinski definition) is 3. The van der Waals surface area contributed by atoms with E-state index in [4.69, 9.17) is 9.15 Å². The molecule has 1 rings (SSSR count). The van der Waals surface area contributed by atoms with E-state index in [-0.39, 0.29) is 12.5 Å². The van der Waals surface area contributed by atoms with Gasteiger partial charge < -0.3 is 25.1 Å². The summed E-state index contributed by atoms with van der Waals surface area (Å²) in [5, 5.41) is 8.87. The molecule has 0 spiro atoms. The van der Waals surface area contributed by atoms with Gasteiger partial charge in [-0.3, -0.25) is 9.79 Å². The molecule has 23 heavy (non-hydrogen) atoms. The largest absolute Gasteiger partial charge is 0.467 e. The number of nitrogens with one attached hydrogen (secondary N) is 3. The average molecular weight is 324 g/mol. The van der Waals surface area contributed by atoms with Gasteiger partial charge in [0.2, 0.25) is 5.91 Å². The second-order valence-corrected chi connectivity index (χ2v) is 5.03. The number of unbranched alkanes of at least 4 members (excludes halogenated alkanes) is 1. The number of hydrogen-bond acceptors (Lipinski definition) is 4. The van der Waals surface area contributed by atoms with Crippen LogP contribution in [-0.2, 0) is 16.1 Å². The molecule has 7 heteroatoms. The number of rotatable bonds is 11. The summed E-state index contributed by atoms with van der Waals surface area (Å²) in [5.74, 6) is 1.21. The Balaban J connectivity index is 2.05. The van der Waals surface area contributed by atoms with E-state index in [0.29, 0.717) is 12.5 Å². The molecule has 0 aliphatic heterocycles. The fraction of sp³-hybridized carbons (Fsp3) is 0.625. The van der Waals surface area contributed by atoms with Crippen LogP contribution in [0.15, 0.2) is 27.8 Å². The lowest BCUT2D eigenvalue weighted by Crippen LogP contribution is -2.43. The molecule has 0 aromatic carbocycles. The van der Waals surface area contributed by atoms with Crippen LogP contribution in [-0.4, -0.2) is 45.2 Å². The van der Waals surface area contributed by atoms with E-state index in [2.05, 4.69) is 27.9 Å². The Morgan fingerprint density at radius 1 is 1.26 bits per heavy atom. The summed E-state index contributed by atoms with van der Waals surface area (Å²) in [7, 11) is 1.67. The lowest BCUT2D eigenvalue weighted by atomic mass is 10.4. The van der Waals surface area contributed by atoms with Crippen molar-refractivity contribution in [3.8, 4) is 0 Å². The molecule has 1 aromatic rings. The summed E-state index contributed by atoms with van der Waals surface area (Å²) in [6.07, 6.45) is 4.73. The molecule has 0 fully saturated rings. The summed E-state index contributed by atoms with van der Waals surface area (Å²) < 4.78 is 10.6. The van der Waals surface area contributed by atoms with Crippen LogP contribution >= 0.6 is 0 Å². The zero-order valence-electron chi connectivity index (χ0n) is 14.1. The van der Waals surface area contributed by atoms with Gasteiger partial charge in [-0.05, 0) is 25.0 Å². The van der Waals surface area contributed by atoms with Gasteiger partial charge in [0.15, 0.2) is 5.96 Å². The van der Waals surface area contributed by atoms with Crippen LogP contribution in [0.2, 0.25) is 0 Å². The first-order chi connectivity index (χ1) is 11.3. The Kier molecular flexibility index (Phi) is 10.4. The first kappa shape index (κ1) is 19.0. The molecule has 0 saturated heterocycles. The monoisotopic (exact) mass is 324 g/mol.